The zero-order chi connectivity index (χ0) is 24.3. The average Bonchev–Trinajstić information content (AvgIpc) is 2.57. The molecule has 0 spiro atoms. The average molecular weight is 433 g/mol. The standard InChI is InChI=1S/C30H44N2/c1-27(2,3)31(28(4,5)6)23-17-13-15-21-19-20-22-16-14-18-24(26(22)25(21)23)32(29(7,8)9)30(10,11)12/h13-20H,1-12H3. The van der Waals surface area contributed by atoms with Gasteiger partial charge in [-0.1, -0.05) is 36.4 Å². The molecule has 2 nitrogen and oxygen atoms in total. The van der Waals surface area contributed by atoms with E-state index in [1.54, 1.807) is 0 Å². The van der Waals surface area contributed by atoms with Gasteiger partial charge in [-0.25, -0.2) is 0 Å². The minimum Gasteiger partial charge on any atom is -0.361 e. The Morgan fingerprint density at radius 1 is 0.406 bits per heavy atom. The van der Waals surface area contributed by atoms with Crippen molar-refractivity contribution >= 4 is 32.9 Å². The van der Waals surface area contributed by atoms with Crippen LogP contribution in [0.4, 0.5) is 11.4 Å². The van der Waals surface area contributed by atoms with Crippen LogP contribution in [0.5, 0.6) is 0 Å². The summed E-state index contributed by atoms with van der Waals surface area (Å²) in [6, 6.07) is 18.1. The second-order valence-corrected chi connectivity index (χ2v) is 13.2. The molecule has 0 amide bonds. The highest BCUT2D eigenvalue weighted by atomic mass is 15.3. The van der Waals surface area contributed by atoms with Crippen LogP contribution >= 0.6 is 0 Å². The van der Waals surface area contributed by atoms with Gasteiger partial charge in [0.1, 0.15) is 0 Å². The summed E-state index contributed by atoms with van der Waals surface area (Å²) < 4.78 is 0. The lowest BCUT2D eigenvalue weighted by molar-refractivity contribution is 0.380. The fourth-order valence-corrected chi connectivity index (χ4v) is 5.95. The van der Waals surface area contributed by atoms with E-state index in [0.717, 1.165) is 0 Å². The molecule has 3 aromatic rings. The first-order valence-electron chi connectivity index (χ1n) is 12.0. The molecule has 3 aromatic carbocycles. The maximum Gasteiger partial charge on any atom is 0.0461 e. The van der Waals surface area contributed by atoms with Crippen LogP contribution in [-0.4, -0.2) is 22.2 Å². The summed E-state index contributed by atoms with van der Waals surface area (Å²) in [5.74, 6) is 0. The molecule has 0 heterocycles. The van der Waals surface area contributed by atoms with Gasteiger partial charge >= 0.3 is 0 Å². The van der Waals surface area contributed by atoms with Crippen LogP contribution in [0.15, 0.2) is 48.5 Å². The van der Waals surface area contributed by atoms with Crippen molar-refractivity contribution in [3.8, 4) is 0 Å². The molecule has 0 aliphatic heterocycles. The second-order valence-electron chi connectivity index (χ2n) is 13.2. The van der Waals surface area contributed by atoms with Gasteiger partial charge in [0.25, 0.3) is 0 Å². The molecule has 0 atom stereocenters. The molecular formula is C30H44N2. The van der Waals surface area contributed by atoms with Crippen LogP contribution in [0, 0.1) is 0 Å². The van der Waals surface area contributed by atoms with Crippen LogP contribution in [0.3, 0.4) is 0 Å². The smallest absolute Gasteiger partial charge is 0.0461 e. The highest BCUT2D eigenvalue weighted by Gasteiger charge is 2.35. The van der Waals surface area contributed by atoms with Crippen molar-refractivity contribution in [3.05, 3.63) is 48.5 Å². The fraction of sp³-hybridized carbons (Fsp3) is 0.533. The van der Waals surface area contributed by atoms with E-state index in [-0.39, 0.29) is 22.2 Å². The second kappa shape index (κ2) is 7.68. The minimum atomic E-state index is -0.0165. The summed E-state index contributed by atoms with van der Waals surface area (Å²) in [6.45, 7) is 27.8. The molecule has 0 saturated carbocycles. The third-order valence-corrected chi connectivity index (χ3v) is 6.01. The van der Waals surface area contributed by atoms with E-state index in [1.807, 2.05) is 0 Å². The summed E-state index contributed by atoms with van der Waals surface area (Å²) in [6.07, 6.45) is 0. The van der Waals surface area contributed by atoms with Crippen molar-refractivity contribution in [3.63, 3.8) is 0 Å². The first-order chi connectivity index (χ1) is 14.4. The van der Waals surface area contributed by atoms with Gasteiger partial charge in [0, 0.05) is 44.3 Å². The zero-order valence-electron chi connectivity index (χ0n) is 22.5. The number of fused-ring (bicyclic) bond motifs is 3. The van der Waals surface area contributed by atoms with E-state index >= 15 is 0 Å². The van der Waals surface area contributed by atoms with Crippen molar-refractivity contribution < 1.29 is 0 Å². The molecule has 0 radical (unpaired) electrons. The molecular weight excluding hydrogens is 388 g/mol. The molecule has 0 fully saturated rings. The van der Waals surface area contributed by atoms with E-state index in [1.165, 1.54) is 32.9 Å². The molecule has 0 saturated heterocycles. The predicted molar refractivity (Wildman–Crippen MR) is 145 cm³/mol. The summed E-state index contributed by atoms with van der Waals surface area (Å²) >= 11 is 0. The van der Waals surface area contributed by atoms with E-state index in [4.69, 9.17) is 0 Å². The molecule has 0 aliphatic rings. The van der Waals surface area contributed by atoms with Gasteiger partial charge in [-0.05, 0) is 106 Å². The van der Waals surface area contributed by atoms with Crippen LogP contribution in [0.25, 0.3) is 21.5 Å². The Labute approximate surface area is 196 Å². The molecule has 0 unspecified atom stereocenters. The van der Waals surface area contributed by atoms with E-state index in [9.17, 15) is 0 Å². The number of anilines is 2. The van der Waals surface area contributed by atoms with Gasteiger partial charge in [0.05, 0.1) is 0 Å². The van der Waals surface area contributed by atoms with Gasteiger partial charge in [0.15, 0.2) is 0 Å². The Morgan fingerprint density at radius 2 is 0.688 bits per heavy atom. The van der Waals surface area contributed by atoms with Crippen molar-refractivity contribution in [2.45, 2.75) is 105 Å². The lowest BCUT2D eigenvalue weighted by Gasteiger charge is -2.49. The predicted octanol–water partition coefficient (Wildman–Crippen LogP) is 8.80. The molecule has 3 rings (SSSR count). The minimum absolute atomic E-state index is 0.0165. The Bertz CT molecular complexity index is 993. The molecule has 174 valence electrons. The normalized spacial score (nSPS) is 13.6. The van der Waals surface area contributed by atoms with Crippen molar-refractivity contribution in [1.29, 1.82) is 0 Å². The maximum absolute atomic E-state index is 2.59. The SMILES string of the molecule is CC(C)(C)N(c1cccc2ccc3cccc(N(C(C)(C)C)C(C)(C)C)c3c12)C(C)(C)C. The van der Waals surface area contributed by atoms with Gasteiger partial charge in [0.2, 0.25) is 0 Å². The van der Waals surface area contributed by atoms with E-state index < -0.39 is 0 Å². The Morgan fingerprint density at radius 3 is 0.938 bits per heavy atom. The summed E-state index contributed by atoms with van der Waals surface area (Å²) in [5.41, 5.74) is 2.55. The molecule has 2 heteroatoms. The topological polar surface area (TPSA) is 6.48 Å². The molecule has 0 bridgehead atoms. The van der Waals surface area contributed by atoms with Gasteiger partial charge in [-0.15, -0.1) is 0 Å². The highest BCUT2D eigenvalue weighted by molar-refractivity contribution is 6.18. The van der Waals surface area contributed by atoms with Crippen molar-refractivity contribution in [2.24, 2.45) is 0 Å². The molecule has 32 heavy (non-hydrogen) atoms. The first kappa shape index (κ1) is 24.4. The summed E-state index contributed by atoms with van der Waals surface area (Å²) in [4.78, 5) is 5.19. The number of benzene rings is 3. The number of hydrogen-bond donors (Lipinski definition) is 0. The lowest BCUT2D eigenvalue weighted by Crippen LogP contribution is -2.53. The van der Waals surface area contributed by atoms with Gasteiger partial charge in [-0.2, -0.15) is 0 Å². The Kier molecular flexibility index (Phi) is 5.86. The number of nitrogens with zero attached hydrogens (tertiary/aromatic N) is 2. The maximum atomic E-state index is 2.59. The third-order valence-electron chi connectivity index (χ3n) is 6.01. The summed E-state index contributed by atoms with van der Waals surface area (Å²) in [7, 11) is 0. The highest BCUT2D eigenvalue weighted by Crippen LogP contribution is 2.45. The Hall–Kier alpha value is -2.22. The van der Waals surface area contributed by atoms with E-state index in [0.29, 0.717) is 0 Å². The van der Waals surface area contributed by atoms with Crippen molar-refractivity contribution in [1.82, 2.24) is 0 Å². The lowest BCUT2D eigenvalue weighted by atomic mass is 9.89. The summed E-state index contributed by atoms with van der Waals surface area (Å²) in [5, 5.41) is 5.29. The third kappa shape index (κ3) is 4.47. The molecule has 0 aliphatic carbocycles. The van der Waals surface area contributed by atoms with Crippen LogP contribution in [0.1, 0.15) is 83.1 Å². The zero-order valence-corrected chi connectivity index (χ0v) is 22.5. The quantitative estimate of drug-likeness (QED) is 0.373. The fourth-order valence-electron chi connectivity index (χ4n) is 5.95. The molecule has 0 N–H and O–H groups in total. The Balaban J connectivity index is 2.56. The largest absolute Gasteiger partial charge is 0.361 e. The first-order valence-corrected chi connectivity index (χ1v) is 12.0. The van der Waals surface area contributed by atoms with E-state index in [2.05, 4.69) is 141 Å². The van der Waals surface area contributed by atoms with Gasteiger partial charge in [-0.3, -0.25) is 0 Å². The van der Waals surface area contributed by atoms with Crippen molar-refractivity contribution in [2.75, 3.05) is 9.80 Å². The van der Waals surface area contributed by atoms with Crippen LogP contribution in [0.2, 0.25) is 0 Å². The van der Waals surface area contributed by atoms with Crippen LogP contribution < -0.4 is 9.80 Å². The molecule has 0 aromatic heterocycles. The number of hydrogen-bond acceptors (Lipinski definition) is 2. The number of rotatable bonds is 2. The van der Waals surface area contributed by atoms with Crippen LogP contribution in [-0.2, 0) is 0 Å². The van der Waals surface area contributed by atoms with Gasteiger partial charge < -0.3 is 9.80 Å². The monoisotopic (exact) mass is 432 g/mol.